The van der Waals surface area contributed by atoms with Crippen LogP contribution < -0.4 is 11.1 Å². The molecule has 4 rings (SSSR count). The molecule has 1 aliphatic rings. The maximum absolute atomic E-state index is 13.4. The molecule has 3 N–H and O–H groups in total. The van der Waals surface area contributed by atoms with Crippen molar-refractivity contribution in [3.8, 4) is 0 Å². The minimum absolute atomic E-state index is 0.00188. The van der Waals surface area contributed by atoms with Gasteiger partial charge in [0.25, 0.3) is 5.89 Å². The zero-order valence-electron chi connectivity index (χ0n) is 20.4. The normalized spacial score (nSPS) is 17.4. The van der Waals surface area contributed by atoms with E-state index in [9.17, 15) is 18.0 Å². The van der Waals surface area contributed by atoms with Crippen LogP contribution in [0.2, 0.25) is 0 Å². The van der Waals surface area contributed by atoms with Gasteiger partial charge in [-0.2, -0.15) is 0 Å². The Morgan fingerprint density at radius 2 is 1.72 bits per heavy atom. The number of fused-ring (bicyclic) bond motifs is 1. The average Bonchev–Trinajstić information content (AvgIpc) is 3.31. The van der Waals surface area contributed by atoms with Gasteiger partial charge < -0.3 is 15.5 Å². The Hall–Kier alpha value is -3.04. The molecule has 3 unspecified atom stereocenters. The Morgan fingerprint density at radius 3 is 2.39 bits per heavy atom. The third kappa shape index (κ3) is 6.02. The topological polar surface area (TPSA) is 132 Å². The Morgan fingerprint density at radius 1 is 1.06 bits per heavy atom. The molecule has 2 aromatic carbocycles. The fourth-order valence-electron chi connectivity index (χ4n) is 5.12. The maximum atomic E-state index is 13.4. The average molecular weight is 512 g/mol. The van der Waals surface area contributed by atoms with Crippen LogP contribution in [-0.2, 0) is 14.6 Å². The number of sulfone groups is 1. The van der Waals surface area contributed by atoms with Crippen LogP contribution in [0, 0.1) is 5.92 Å². The van der Waals surface area contributed by atoms with Crippen LogP contribution in [-0.4, -0.2) is 49.2 Å². The largest absolute Gasteiger partial charge is 0.434 e. The minimum Gasteiger partial charge on any atom is -0.434 e. The Bertz CT molecular complexity index is 1270. The zero-order valence-corrected chi connectivity index (χ0v) is 21.2. The number of oxazole rings is 1. The van der Waals surface area contributed by atoms with Gasteiger partial charge >= 0.3 is 0 Å². The third-order valence-corrected chi connectivity index (χ3v) is 8.47. The summed E-state index contributed by atoms with van der Waals surface area (Å²) < 4.78 is 30.8. The first-order chi connectivity index (χ1) is 17.3. The Labute approximate surface area is 211 Å². The summed E-state index contributed by atoms with van der Waals surface area (Å²) in [6.07, 6.45) is 6.06. The number of para-hydroxylation sites is 2. The number of benzene rings is 2. The molecular weight excluding hydrogens is 478 g/mol. The smallest absolute Gasteiger partial charge is 0.264 e. The summed E-state index contributed by atoms with van der Waals surface area (Å²) >= 11 is 0. The summed E-state index contributed by atoms with van der Waals surface area (Å²) in [5.74, 6) is -1.53. The minimum atomic E-state index is -3.72. The van der Waals surface area contributed by atoms with Gasteiger partial charge in [0.2, 0.25) is 11.7 Å². The van der Waals surface area contributed by atoms with Gasteiger partial charge in [-0.3, -0.25) is 9.59 Å². The van der Waals surface area contributed by atoms with Gasteiger partial charge in [-0.1, -0.05) is 61.7 Å². The van der Waals surface area contributed by atoms with Gasteiger partial charge in [0.1, 0.15) is 5.52 Å². The van der Waals surface area contributed by atoms with Crippen molar-refractivity contribution in [2.45, 2.75) is 55.7 Å². The molecule has 0 aliphatic heterocycles. The molecule has 1 aliphatic carbocycles. The Balaban J connectivity index is 1.49. The molecule has 1 heterocycles. The van der Waals surface area contributed by atoms with Crippen LogP contribution in [0.5, 0.6) is 0 Å². The molecular formula is C27H33N3O5S. The highest BCUT2D eigenvalue weighted by molar-refractivity contribution is 7.92. The highest BCUT2D eigenvalue weighted by atomic mass is 32.2. The van der Waals surface area contributed by atoms with Crippen molar-refractivity contribution in [3.05, 3.63) is 66.1 Å². The molecule has 3 atom stereocenters. The second-order valence-electron chi connectivity index (χ2n) is 9.62. The van der Waals surface area contributed by atoms with Crippen LogP contribution in [0.15, 0.2) is 59.0 Å². The molecule has 1 saturated carbocycles. The first-order valence-electron chi connectivity index (χ1n) is 12.4. The highest BCUT2D eigenvalue weighted by Crippen LogP contribution is 2.29. The Kier molecular flexibility index (Phi) is 8.21. The number of aromatic nitrogens is 1. The van der Waals surface area contributed by atoms with E-state index >= 15 is 0 Å². The maximum Gasteiger partial charge on any atom is 0.264 e. The lowest BCUT2D eigenvalue weighted by atomic mass is 9.83. The summed E-state index contributed by atoms with van der Waals surface area (Å²) in [7, 11) is -3.72. The SMILES string of the molecule is CS(=O)(=O)C(C(=O)NCCC(C(=O)c1nc2ccccc2o1)c1ccccc1)C(N)C1CCCCC1. The predicted octanol–water partition coefficient (Wildman–Crippen LogP) is 3.62. The number of carbonyl (C=O) groups is 2. The van der Waals surface area contributed by atoms with Gasteiger partial charge in [0.05, 0.1) is 5.92 Å². The molecule has 36 heavy (non-hydrogen) atoms. The third-order valence-electron chi connectivity index (χ3n) is 7.02. The number of nitrogens with zero attached hydrogens (tertiary/aromatic N) is 1. The summed E-state index contributed by atoms with van der Waals surface area (Å²) in [6, 6.07) is 15.6. The van der Waals surface area contributed by atoms with Gasteiger partial charge in [-0.15, -0.1) is 0 Å². The molecule has 192 valence electrons. The first kappa shape index (κ1) is 26.0. The van der Waals surface area contributed by atoms with E-state index in [1.54, 1.807) is 12.1 Å². The summed E-state index contributed by atoms with van der Waals surface area (Å²) in [5.41, 5.74) is 8.22. The predicted molar refractivity (Wildman–Crippen MR) is 138 cm³/mol. The van der Waals surface area contributed by atoms with Crippen molar-refractivity contribution in [1.82, 2.24) is 10.3 Å². The summed E-state index contributed by atoms with van der Waals surface area (Å²) in [6.45, 7) is 0.105. The van der Waals surface area contributed by atoms with Crippen LogP contribution >= 0.6 is 0 Å². The van der Waals surface area contributed by atoms with Gasteiger partial charge in [0, 0.05) is 18.8 Å². The monoisotopic (exact) mass is 511 g/mol. The van der Waals surface area contributed by atoms with Crippen molar-refractivity contribution in [3.63, 3.8) is 0 Å². The molecule has 1 fully saturated rings. The summed E-state index contributed by atoms with van der Waals surface area (Å²) in [5, 5.41) is 1.42. The molecule has 0 saturated heterocycles. The van der Waals surface area contributed by atoms with Crippen LogP contribution in [0.4, 0.5) is 0 Å². The van der Waals surface area contributed by atoms with E-state index in [0.29, 0.717) is 11.1 Å². The van der Waals surface area contributed by atoms with E-state index < -0.39 is 33.0 Å². The fraction of sp³-hybridized carbons (Fsp3) is 0.444. The van der Waals surface area contributed by atoms with Gasteiger partial charge in [-0.05, 0) is 42.9 Å². The number of nitrogens with one attached hydrogen (secondary N) is 1. The van der Waals surface area contributed by atoms with Crippen molar-refractivity contribution in [2.24, 2.45) is 11.7 Å². The van der Waals surface area contributed by atoms with Crippen LogP contribution in [0.25, 0.3) is 11.1 Å². The van der Waals surface area contributed by atoms with Crippen molar-refractivity contribution in [2.75, 3.05) is 12.8 Å². The number of ketones is 1. The number of rotatable bonds is 10. The molecule has 0 radical (unpaired) electrons. The van der Waals surface area contributed by atoms with E-state index in [1.807, 2.05) is 42.5 Å². The molecule has 0 spiro atoms. The second kappa shape index (κ2) is 11.3. The lowest BCUT2D eigenvalue weighted by Gasteiger charge is -2.31. The number of carbonyl (C=O) groups excluding carboxylic acids is 2. The van der Waals surface area contributed by atoms with Crippen molar-refractivity contribution in [1.29, 1.82) is 0 Å². The molecule has 0 bridgehead atoms. The summed E-state index contributed by atoms with van der Waals surface area (Å²) in [4.78, 5) is 30.8. The number of amides is 1. The van der Waals surface area contributed by atoms with Crippen molar-refractivity contribution >= 4 is 32.6 Å². The van der Waals surface area contributed by atoms with E-state index in [2.05, 4.69) is 10.3 Å². The second-order valence-corrected chi connectivity index (χ2v) is 11.8. The van der Waals surface area contributed by atoms with Gasteiger partial charge in [-0.25, -0.2) is 13.4 Å². The molecule has 1 aromatic heterocycles. The van der Waals surface area contributed by atoms with Crippen molar-refractivity contribution < 1.29 is 22.4 Å². The number of Topliss-reactive ketones (excluding diaryl/α,β-unsaturated/α-hetero) is 1. The first-order valence-corrected chi connectivity index (χ1v) is 14.4. The number of nitrogens with two attached hydrogens (primary N) is 1. The van der Waals surface area contributed by atoms with E-state index in [4.69, 9.17) is 10.2 Å². The van der Waals surface area contributed by atoms with Crippen LogP contribution in [0.1, 0.15) is 60.7 Å². The van der Waals surface area contributed by atoms with E-state index in [-0.39, 0.29) is 30.6 Å². The number of hydrogen-bond acceptors (Lipinski definition) is 7. The molecule has 8 nitrogen and oxygen atoms in total. The lowest BCUT2D eigenvalue weighted by molar-refractivity contribution is -0.121. The van der Waals surface area contributed by atoms with Crippen LogP contribution in [0.3, 0.4) is 0 Å². The van der Waals surface area contributed by atoms with E-state index in [0.717, 1.165) is 43.9 Å². The fourth-order valence-corrected chi connectivity index (χ4v) is 6.39. The van der Waals surface area contributed by atoms with Gasteiger partial charge in [0.15, 0.2) is 20.7 Å². The van der Waals surface area contributed by atoms with E-state index in [1.165, 1.54) is 0 Å². The number of hydrogen-bond donors (Lipinski definition) is 2. The zero-order chi connectivity index (χ0) is 25.7. The molecule has 1 amide bonds. The quantitative estimate of drug-likeness (QED) is 0.397. The molecule has 3 aromatic rings. The highest BCUT2D eigenvalue weighted by Gasteiger charge is 2.39. The molecule has 9 heteroatoms. The standard InChI is InChI=1S/C27H33N3O5S/c1-36(33,34)25(23(28)19-12-6-3-7-13-19)26(32)29-17-16-20(18-10-4-2-5-11-18)24(31)27-30-21-14-8-9-15-22(21)35-27/h2,4-5,8-11,14-15,19-20,23,25H,3,6-7,12-13,16-17,28H2,1H3,(H,29,32). The lowest BCUT2D eigenvalue weighted by Crippen LogP contribution is -2.54.